The van der Waals surface area contributed by atoms with Crippen LogP contribution in [-0.2, 0) is 0 Å². The number of rotatable bonds is 0. The maximum absolute atomic E-state index is 3.93. The van der Waals surface area contributed by atoms with Crippen LogP contribution in [0.2, 0.25) is 0 Å². The Kier molecular flexibility index (Phi) is 3.88. The Morgan fingerprint density at radius 1 is 1.38 bits per heavy atom. The van der Waals surface area contributed by atoms with Gasteiger partial charge in [0, 0.05) is 0 Å². The molecule has 40 valence electrons. The van der Waals surface area contributed by atoms with E-state index in [1.807, 2.05) is 0 Å². The van der Waals surface area contributed by atoms with E-state index in [1.165, 1.54) is 0 Å². The smallest absolute Gasteiger partial charge is 1.00 e. The topological polar surface area (TPSA) is 49.4 Å². The molecule has 0 spiro atoms. The zero-order valence-corrected chi connectivity index (χ0v) is 8.75. The summed E-state index contributed by atoms with van der Waals surface area (Å²) < 4.78 is 0. The fourth-order valence-electron chi connectivity index (χ4n) is 0.229. The van der Waals surface area contributed by atoms with Gasteiger partial charge in [0.15, 0.2) is 0 Å². The van der Waals surface area contributed by atoms with Crippen molar-refractivity contribution < 1.29 is 52.8 Å². The Bertz CT molecular complexity index is 121. The molecule has 0 fully saturated rings. The Morgan fingerprint density at radius 2 is 1.75 bits per heavy atom. The molecule has 0 aliphatic carbocycles. The number of hydrogen-bond acceptors (Lipinski definition) is 5. The fourth-order valence-corrected chi connectivity index (χ4v) is 0.309. The van der Waals surface area contributed by atoms with Gasteiger partial charge >= 0.3 is 51.4 Å². The Labute approximate surface area is 96.5 Å². The van der Waals surface area contributed by atoms with Crippen LogP contribution in [0.3, 0.4) is 0 Å². The van der Waals surface area contributed by atoms with E-state index in [0.29, 0.717) is 0 Å². The minimum atomic E-state index is -0.694. The summed E-state index contributed by atoms with van der Waals surface area (Å²) in [5.74, 6) is 0. The van der Waals surface area contributed by atoms with Crippen LogP contribution in [0, 0.1) is 0 Å². The molecule has 8 heavy (non-hydrogen) atoms. The van der Waals surface area contributed by atoms with Gasteiger partial charge in [-0.05, 0) is 17.4 Å². The van der Waals surface area contributed by atoms with Gasteiger partial charge in [-0.1, -0.05) is 0 Å². The van der Waals surface area contributed by atoms with Crippen LogP contribution in [0.5, 0.6) is 0 Å². The van der Waals surface area contributed by atoms with Gasteiger partial charge < -0.3 is 1.43 Å². The third-order valence-electron chi connectivity index (χ3n) is 0.508. The van der Waals surface area contributed by atoms with Crippen LogP contribution in [0.4, 0.5) is 0 Å². The van der Waals surface area contributed by atoms with E-state index in [0.717, 1.165) is 0 Å². The van der Waals surface area contributed by atoms with Crippen molar-refractivity contribution in [1.82, 2.24) is 0 Å². The maximum atomic E-state index is 3.93. The van der Waals surface area contributed by atoms with E-state index >= 15 is 0 Å². The van der Waals surface area contributed by atoms with Crippen LogP contribution >= 0.6 is 12.6 Å². The summed E-state index contributed by atoms with van der Waals surface area (Å²) in [6.07, 6.45) is 0. The van der Waals surface area contributed by atoms with Gasteiger partial charge in [0.1, 0.15) is 0 Å². The summed E-state index contributed by atoms with van der Waals surface area (Å²) in [6.45, 7) is 1.70. The van der Waals surface area contributed by atoms with Crippen molar-refractivity contribution in [3.63, 3.8) is 0 Å². The molecule has 1 aliphatic rings. The van der Waals surface area contributed by atoms with Crippen LogP contribution < -0.4 is 51.4 Å². The third kappa shape index (κ3) is 2.65. The van der Waals surface area contributed by atoms with Crippen LogP contribution in [-0.4, -0.2) is 4.99 Å². The first kappa shape index (κ1) is 9.19. The average molecular weight is 156 g/mol. The van der Waals surface area contributed by atoms with Gasteiger partial charge in [-0.2, -0.15) is 0 Å². The van der Waals surface area contributed by atoms with Crippen molar-refractivity contribution in [3.8, 4) is 0 Å². The Morgan fingerprint density at radius 3 is 1.88 bits per heavy atom. The van der Waals surface area contributed by atoms with Gasteiger partial charge in [0.25, 0.3) is 0 Å². The zero-order chi connectivity index (χ0) is 5.33. The monoisotopic (exact) mass is 156 g/mol. The minimum Gasteiger partial charge on any atom is -1.00 e. The van der Waals surface area contributed by atoms with Gasteiger partial charge in [0.05, 0.1) is 0 Å². The molecule has 0 unspecified atom stereocenters. The molecule has 0 atom stereocenters. The van der Waals surface area contributed by atoms with Crippen LogP contribution in [0.15, 0.2) is 20.7 Å². The summed E-state index contributed by atoms with van der Waals surface area (Å²) in [5, 5.41) is 13.5. The SMILES string of the molecule is CC1(S)N=NN=N1.[H-].[K+]. The van der Waals surface area contributed by atoms with Gasteiger partial charge in [-0.25, -0.2) is 0 Å². The van der Waals surface area contributed by atoms with E-state index in [1.54, 1.807) is 6.92 Å². The predicted molar refractivity (Wildman–Crippen MR) is 28.2 cm³/mol. The molecule has 1 rings (SSSR count). The molecule has 6 heteroatoms. The summed E-state index contributed by atoms with van der Waals surface area (Å²) in [5.41, 5.74) is 0. The van der Waals surface area contributed by atoms with Crippen molar-refractivity contribution in [2.24, 2.45) is 20.7 Å². The van der Waals surface area contributed by atoms with Crippen molar-refractivity contribution in [2.75, 3.05) is 0 Å². The predicted octanol–water partition coefficient (Wildman–Crippen LogP) is -1.46. The van der Waals surface area contributed by atoms with Crippen LogP contribution in [0.25, 0.3) is 0 Å². The summed E-state index contributed by atoms with van der Waals surface area (Å²) in [6, 6.07) is 0. The summed E-state index contributed by atoms with van der Waals surface area (Å²) in [7, 11) is 0. The summed E-state index contributed by atoms with van der Waals surface area (Å²) >= 11 is 3.93. The second kappa shape index (κ2) is 3.38. The molecule has 1 heterocycles. The summed E-state index contributed by atoms with van der Waals surface area (Å²) in [4.78, 5) is -0.694. The maximum Gasteiger partial charge on any atom is 1.00 e. The van der Waals surface area contributed by atoms with Crippen molar-refractivity contribution in [3.05, 3.63) is 0 Å². The van der Waals surface area contributed by atoms with E-state index in [2.05, 4.69) is 33.3 Å². The zero-order valence-electron chi connectivity index (χ0n) is 5.74. The molecule has 0 saturated carbocycles. The van der Waals surface area contributed by atoms with E-state index in [9.17, 15) is 0 Å². The second-order valence-corrected chi connectivity index (χ2v) is 2.20. The molecule has 1 aliphatic heterocycles. The van der Waals surface area contributed by atoms with Crippen molar-refractivity contribution in [1.29, 1.82) is 0 Å². The first-order chi connectivity index (χ1) is 3.21. The van der Waals surface area contributed by atoms with E-state index < -0.39 is 4.99 Å². The Hall–Kier alpha value is 1.19. The number of thiol groups is 1. The third-order valence-corrected chi connectivity index (χ3v) is 0.687. The molecule has 0 aromatic heterocycles. The molecule has 4 nitrogen and oxygen atoms in total. The molecule has 0 radical (unpaired) electrons. The molecule has 0 amide bonds. The minimum absolute atomic E-state index is 0. The normalized spacial score (nSPS) is 20.8. The number of nitrogens with zero attached hydrogens (tertiary/aromatic N) is 4. The fraction of sp³-hybridized carbons (Fsp3) is 1.00. The van der Waals surface area contributed by atoms with Gasteiger partial charge in [0.2, 0.25) is 4.99 Å². The largest absolute Gasteiger partial charge is 1.00 e. The molecule has 0 N–H and O–H groups in total. The van der Waals surface area contributed by atoms with Gasteiger partial charge in [-0.15, -0.1) is 22.9 Å². The van der Waals surface area contributed by atoms with E-state index in [4.69, 9.17) is 0 Å². The van der Waals surface area contributed by atoms with Crippen molar-refractivity contribution >= 4 is 12.6 Å². The Balaban J connectivity index is 0. The standard InChI is InChI=1S/C2H4N4S.K.H/c1-2(7)3-5-6-4-2;;/h7H,1H3;;/q;+1;-1. The average Bonchev–Trinajstić information content (AvgIpc) is 1.84. The molecule has 0 bridgehead atoms. The number of hydrogen-bond donors (Lipinski definition) is 1. The molecular weight excluding hydrogens is 151 g/mol. The van der Waals surface area contributed by atoms with Gasteiger partial charge in [-0.3, -0.25) is 0 Å². The van der Waals surface area contributed by atoms with Crippen molar-refractivity contribution in [2.45, 2.75) is 11.9 Å². The van der Waals surface area contributed by atoms with Crippen LogP contribution in [0.1, 0.15) is 8.35 Å². The van der Waals surface area contributed by atoms with E-state index in [-0.39, 0.29) is 52.8 Å². The molecule has 0 aromatic rings. The second-order valence-electron chi connectivity index (χ2n) is 1.35. The first-order valence-electron chi connectivity index (χ1n) is 1.77. The first-order valence-corrected chi connectivity index (χ1v) is 2.22. The molecular formula is C2H5KN4S. The molecule has 0 aromatic carbocycles. The molecule has 0 saturated heterocycles. The quantitative estimate of drug-likeness (QED) is 0.329.